The summed E-state index contributed by atoms with van der Waals surface area (Å²) in [7, 11) is -4.96. The van der Waals surface area contributed by atoms with Crippen molar-refractivity contribution >= 4 is 22.3 Å². The highest BCUT2D eigenvalue weighted by Gasteiger charge is 2.31. The van der Waals surface area contributed by atoms with Gasteiger partial charge in [-0.15, -0.1) is 0 Å². The monoisotopic (exact) mass is 554 g/mol. The number of aliphatic hydroxyl groups is 2. The van der Waals surface area contributed by atoms with Crippen LogP contribution in [0.2, 0.25) is 0 Å². The summed E-state index contributed by atoms with van der Waals surface area (Å²) >= 11 is 0. The van der Waals surface area contributed by atoms with Gasteiger partial charge in [-0.3, -0.25) is 9.78 Å². The molecule has 0 rings (SSSR count). The van der Waals surface area contributed by atoms with E-state index < -0.39 is 41.0 Å². The molecule has 0 aromatic carbocycles. The minimum Gasteiger partial charge on any atom is -0.394 e. The summed E-state index contributed by atoms with van der Waals surface area (Å²) in [5, 5.41) is 19.1. The van der Waals surface area contributed by atoms with Gasteiger partial charge in [0.15, 0.2) is 0 Å². The van der Waals surface area contributed by atoms with E-state index in [0.29, 0.717) is 12.8 Å². The minimum absolute atomic E-state index is 0.0193. The lowest BCUT2D eigenvalue weighted by Gasteiger charge is -2.18. The van der Waals surface area contributed by atoms with Gasteiger partial charge in [0.25, 0.3) is 0 Å². The standard InChI is InChI=1S/C26H50O10S/c1-3-5-7-9-11-13-15-17-19-21-25(29)33-35-37(31,32)36-34-26(30)23(24(28)22-27)20-18-16-14-12-10-8-6-4-2/h23-24,27-28H,3-22H2,1-2H3. The van der Waals surface area contributed by atoms with Gasteiger partial charge in [-0.1, -0.05) is 117 Å². The molecule has 0 saturated heterocycles. The average Bonchev–Trinajstić information content (AvgIpc) is 2.88. The van der Waals surface area contributed by atoms with Crippen molar-refractivity contribution in [3.63, 3.8) is 0 Å². The van der Waals surface area contributed by atoms with Crippen LogP contribution in [0.25, 0.3) is 0 Å². The number of carbonyl (C=O) groups excluding carboxylic acids is 2. The third-order valence-corrected chi connectivity index (χ3v) is 6.69. The lowest BCUT2D eigenvalue weighted by molar-refractivity contribution is -0.249. The SMILES string of the molecule is CCCCCCCCCCCC(=O)OOS(=O)(=O)OOC(=O)C(CCCCCCCCCC)C(O)CO. The summed E-state index contributed by atoms with van der Waals surface area (Å²) in [6.07, 6.45) is 16.4. The van der Waals surface area contributed by atoms with E-state index in [1.807, 2.05) is 0 Å². The van der Waals surface area contributed by atoms with Crippen LogP contribution in [0.15, 0.2) is 0 Å². The average molecular weight is 555 g/mol. The molecule has 10 nitrogen and oxygen atoms in total. The molecule has 0 aliphatic rings. The van der Waals surface area contributed by atoms with Crippen LogP contribution in [-0.2, 0) is 38.4 Å². The summed E-state index contributed by atoms with van der Waals surface area (Å²) in [4.78, 5) is 32.4. The molecule has 0 amide bonds. The topological polar surface area (TPSA) is 146 Å². The quantitative estimate of drug-likeness (QED) is 0.0786. The maximum absolute atomic E-state index is 12.2. The smallest absolute Gasteiger partial charge is 0.394 e. The molecular formula is C26H50O10S. The van der Waals surface area contributed by atoms with E-state index in [9.17, 15) is 28.2 Å². The molecule has 0 saturated carbocycles. The Morgan fingerprint density at radius 2 is 1.11 bits per heavy atom. The first-order chi connectivity index (χ1) is 17.8. The Kier molecular flexibility index (Phi) is 23.0. The Bertz CT molecular complexity index is 668. The normalized spacial score (nSPS) is 13.3. The van der Waals surface area contributed by atoms with Crippen LogP contribution < -0.4 is 0 Å². The molecule has 0 spiro atoms. The van der Waals surface area contributed by atoms with E-state index in [4.69, 9.17) is 0 Å². The van der Waals surface area contributed by atoms with Crippen molar-refractivity contribution in [1.29, 1.82) is 0 Å². The molecule has 2 atom stereocenters. The number of aliphatic hydroxyl groups excluding tert-OH is 2. The molecule has 0 radical (unpaired) electrons. The maximum atomic E-state index is 12.2. The first kappa shape index (κ1) is 35.7. The van der Waals surface area contributed by atoms with Gasteiger partial charge in [0.05, 0.1) is 18.6 Å². The molecule has 2 N–H and O–H groups in total. The van der Waals surface area contributed by atoms with Crippen molar-refractivity contribution in [3.05, 3.63) is 0 Å². The Balaban J connectivity index is 4.16. The van der Waals surface area contributed by atoms with Crippen LogP contribution in [-0.4, -0.2) is 43.3 Å². The highest BCUT2D eigenvalue weighted by Crippen LogP contribution is 2.19. The van der Waals surface area contributed by atoms with Gasteiger partial charge in [0.2, 0.25) is 0 Å². The summed E-state index contributed by atoms with van der Waals surface area (Å²) < 4.78 is 31.5. The van der Waals surface area contributed by atoms with Crippen LogP contribution in [0.3, 0.4) is 0 Å². The fourth-order valence-corrected chi connectivity index (χ4v) is 4.27. The molecular weight excluding hydrogens is 504 g/mol. The van der Waals surface area contributed by atoms with Crippen molar-refractivity contribution < 1.29 is 46.7 Å². The maximum Gasteiger partial charge on any atom is 0.471 e. The first-order valence-corrected chi connectivity index (χ1v) is 15.4. The van der Waals surface area contributed by atoms with Gasteiger partial charge < -0.3 is 10.2 Å². The molecule has 0 bridgehead atoms. The summed E-state index contributed by atoms with van der Waals surface area (Å²) in [5.41, 5.74) is 0. The molecule has 0 aromatic rings. The predicted molar refractivity (Wildman–Crippen MR) is 139 cm³/mol. The van der Waals surface area contributed by atoms with Crippen LogP contribution in [0.1, 0.15) is 136 Å². The molecule has 0 fully saturated rings. The number of hydrogen-bond donors (Lipinski definition) is 2. The fourth-order valence-electron chi connectivity index (χ4n) is 3.94. The molecule has 11 heteroatoms. The molecule has 0 aromatic heterocycles. The number of rotatable bonds is 26. The van der Waals surface area contributed by atoms with E-state index >= 15 is 0 Å². The second-order valence-corrected chi connectivity index (χ2v) is 10.7. The molecule has 0 aliphatic heterocycles. The predicted octanol–water partition coefficient (Wildman–Crippen LogP) is 5.60. The van der Waals surface area contributed by atoms with E-state index in [1.54, 1.807) is 0 Å². The van der Waals surface area contributed by atoms with Gasteiger partial charge in [0.1, 0.15) is 0 Å². The van der Waals surface area contributed by atoms with Gasteiger partial charge in [-0.05, 0) is 21.5 Å². The largest absolute Gasteiger partial charge is 0.471 e. The zero-order valence-electron chi connectivity index (χ0n) is 22.9. The van der Waals surface area contributed by atoms with Gasteiger partial charge >= 0.3 is 22.3 Å². The van der Waals surface area contributed by atoms with Crippen molar-refractivity contribution in [2.75, 3.05) is 6.61 Å². The number of hydrogen-bond acceptors (Lipinski definition) is 10. The third-order valence-electron chi connectivity index (χ3n) is 6.22. The summed E-state index contributed by atoms with van der Waals surface area (Å²) in [6.45, 7) is 3.63. The summed E-state index contributed by atoms with van der Waals surface area (Å²) in [6, 6.07) is 0. The number of carbonyl (C=O) groups is 2. The van der Waals surface area contributed by atoms with Crippen LogP contribution in [0, 0.1) is 5.92 Å². The van der Waals surface area contributed by atoms with Gasteiger partial charge in [-0.2, -0.15) is 8.42 Å². The second-order valence-electron chi connectivity index (χ2n) is 9.60. The van der Waals surface area contributed by atoms with Crippen LogP contribution in [0.5, 0.6) is 0 Å². The van der Waals surface area contributed by atoms with E-state index in [1.165, 1.54) is 44.9 Å². The zero-order chi connectivity index (χ0) is 27.8. The summed E-state index contributed by atoms with van der Waals surface area (Å²) in [5.74, 6) is -3.23. The Hall–Kier alpha value is -1.27. The van der Waals surface area contributed by atoms with Crippen LogP contribution >= 0.6 is 0 Å². The Morgan fingerprint density at radius 1 is 0.676 bits per heavy atom. The van der Waals surface area contributed by atoms with Gasteiger partial charge in [-0.25, -0.2) is 9.59 Å². The molecule has 37 heavy (non-hydrogen) atoms. The molecule has 0 heterocycles. The van der Waals surface area contributed by atoms with Crippen molar-refractivity contribution in [1.82, 2.24) is 0 Å². The van der Waals surface area contributed by atoms with E-state index in [2.05, 4.69) is 32.3 Å². The first-order valence-electron chi connectivity index (χ1n) is 14.1. The molecule has 0 aliphatic carbocycles. The molecule has 220 valence electrons. The van der Waals surface area contributed by atoms with Gasteiger partial charge in [0, 0.05) is 6.42 Å². The van der Waals surface area contributed by atoms with Crippen molar-refractivity contribution in [3.8, 4) is 0 Å². The van der Waals surface area contributed by atoms with E-state index in [0.717, 1.165) is 51.4 Å². The number of unbranched alkanes of at least 4 members (excludes halogenated alkanes) is 15. The third kappa shape index (κ3) is 21.4. The van der Waals surface area contributed by atoms with Crippen molar-refractivity contribution in [2.45, 2.75) is 142 Å². The zero-order valence-corrected chi connectivity index (χ0v) is 23.7. The fraction of sp³-hybridized carbons (Fsp3) is 0.923. The highest BCUT2D eigenvalue weighted by molar-refractivity contribution is 7.81. The highest BCUT2D eigenvalue weighted by atomic mass is 32.3. The Morgan fingerprint density at radius 3 is 1.59 bits per heavy atom. The lowest BCUT2D eigenvalue weighted by Crippen LogP contribution is -2.33. The van der Waals surface area contributed by atoms with Crippen LogP contribution in [0.4, 0.5) is 0 Å². The van der Waals surface area contributed by atoms with Crippen molar-refractivity contribution in [2.24, 2.45) is 5.92 Å². The Labute approximate surface area is 223 Å². The van der Waals surface area contributed by atoms with E-state index in [-0.39, 0.29) is 12.8 Å². The second kappa shape index (κ2) is 23.8. The lowest BCUT2D eigenvalue weighted by atomic mass is 9.95. The molecule has 2 unspecified atom stereocenters. The minimum atomic E-state index is -4.96.